The zero-order valence-corrected chi connectivity index (χ0v) is 15.2. The number of nitrogens with one attached hydrogen (secondary N) is 1. The summed E-state index contributed by atoms with van der Waals surface area (Å²) in [6.45, 7) is 1.92. The van der Waals surface area contributed by atoms with Gasteiger partial charge in [-0.1, -0.05) is 11.6 Å². The van der Waals surface area contributed by atoms with Gasteiger partial charge in [0.2, 0.25) is 0 Å². The lowest BCUT2D eigenvalue weighted by atomic mass is 10.2. The zero-order chi connectivity index (χ0) is 18.7. The lowest BCUT2D eigenvalue weighted by Crippen LogP contribution is -2.04. The number of nitrogens with zero attached hydrogens (tertiary/aromatic N) is 3. The largest absolute Gasteiger partial charge is 0.494 e. The summed E-state index contributed by atoms with van der Waals surface area (Å²) in [4.78, 5) is 20.1. The standard InChI is InChI=1S/C18H17ClN4O3/c1-11-9-23(10-20-11)14-5-4-13(8-15(14)25-2)21-17-7-12(18(24)26-3)6-16(19)22-17/h4-10H,1-3H3,(H,21,22). The van der Waals surface area contributed by atoms with Crippen LogP contribution in [0.25, 0.3) is 5.69 Å². The highest BCUT2D eigenvalue weighted by atomic mass is 35.5. The van der Waals surface area contributed by atoms with Gasteiger partial charge in [-0.05, 0) is 31.2 Å². The quantitative estimate of drug-likeness (QED) is 0.542. The Bertz CT molecular complexity index is 955. The van der Waals surface area contributed by atoms with Gasteiger partial charge in [-0.25, -0.2) is 14.8 Å². The molecule has 0 aliphatic rings. The SMILES string of the molecule is COC(=O)c1cc(Cl)nc(Nc2ccc(-n3cnc(C)c3)c(OC)c2)c1. The number of esters is 1. The molecule has 7 nitrogen and oxygen atoms in total. The van der Waals surface area contributed by atoms with Crippen molar-refractivity contribution >= 4 is 29.1 Å². The number of ether oxygens (including phenoxy) is 2. The molecular formula is C18H17ClN4O3. The van der Waals surface area contributed by atoms with Crippen LogP contribution in [0.4, 0.5) is 11.5 Å². The van der Waals surface area contributed by atoms with Crippen molar-refractivity contribution in [2.24, 2.45) is 0 Å². The lowest BCUT2D eigenvalue weighted by molar-refractivity contribution is 0.0600. The second-order valence-corrected chi connectivity index (χ2v) is 5.88. The molecule has 1 aromatic carbocycles. The van der Waals surface area contributed by atoms with Crippen molar-refractivity contribution in [3.63, 3.8) is 0 Å². The van der Waals surface area contributed by atoms with Gasteiger partial charge in [0, 0.05) is 18.0 Å². The Labute approximate surface area is 155 Å². The van der Waals surface area contributed by atoms with E-state index in [1.165, 1.54) is 13.2 Å². The van der Waals surface area contributed by atoms with Crippen molar-refractivity contribution in [3.8, 4) is 11.4 Å². The number of carbonyl (C=O) groups is 1. The van der Waals surface area contributed by atoms with E-state index in [9.17, 15) is 4.79 Å². The molecule has 8 heteroatoms. The van der Waals surface area contributed by atoms with Crippen LogP contribution in [0.3, 0.4) is 0 Å². The minimum Gasteiger partial charge on any atom is -0.494 e. The summed E-state index contributed by atoms with van der Waals surface area (Å²) in [5.41, 5.74) is 2.81. The molecule has 0 saturated heterocycles. The molecule has 0 amide bonds. The van der Waals surface area contributed by atoms with Crippen LogP contribution in [0.1, 0.15) is 16.1 Å². The van der Waals surface area contributed by atoms with Crippen LogP contribution < -0.4 is 10.1 Å². The summed E-state index contributed by atoms with van der Waals surface area (Å²) in [6.07, 6.45) is 3.63. The van der Waals surface area contributed by atoms with Gasteiger partial charge in [0.25, 0.3) is 0 Å². The summed E-state index contributed by atoms with van der Waals surface area (Å²) in [5.74, 6) is 0.592. The Morgan fingerprint density at radius 3 is 2.69 bits per heavy atom. The predicted octanol–water partition coefficient (Wildman–Crippen LogP) is 3.77. The number of hydrogen-bond donors (Lipinski definition) is 1. The average molecular weight is 373 g/mol. The molecule has 0 bridgehead atoms. The minimum atomic E-state index is -0.485. The molecule has 0 saturated carbocycles. The molecule has 26 heavy (non-hydrogen) atoms. The Balaban J connectivity index is 1.91. The molecule has 0 aliphatic carbocycles. The second kappa shape index (κ2) is 7.45. The summed E-state index contributed by atoms with van der Waals surface area (Å²) in [6, 6.07) is 8.60. The number of aromatic nitrogens is 3. The number of imidazole rings is 1. The number of anilines is 2. The number of pyridine rings is 1. The normalized spacial score (nSPS) is 10.5. The molecule has 1 N–H and O–H groups in total. The van der Waals surface area contributed by atoms with Crippen molar-refractivity contribution in [2.75, 3.05) is 19.5 Å². The molecule has 0 aliphatic heterocycles. The number of rotatable bonds is 5. The molecule has 134 valence electrons. The molecule has 0 radical (unpaired) electrons. The highest BCUT2D eigenvalue weighted by Gasteiger charge is 2.11. The average Bonchev–Trinajstić information content (AvgIpc) is 3.06. The van der Waals surface area contributed by atoms with Crippen molar-refractivity contribution in [1.82, 2.24) is 14.5 Å². The molecular weight excluding hydrogens is 356 g/mol. The van der Waals surface area contributed by atoms with Crippen molar-refractivity contribution < 1.29 is 14.3 Å². The lowest BCUT2D eigenvalue weighted by Gasteiger charge is -2.13. The maximum atomic E-state index is 11.7. The van der Waals surface area contributed by atoms with Crippen molar-refractivity contribution in [3.05, 3.63) is 59.3 Å². The van der Waals surface area contributed by atoms with E-state index >= 15 is 0 Å². The number of benzene rings is 1. The fourth-order valence-electron chi connectivity index (χ4n) is 2.47. The summed E-state index contributed by atoms with van der Waals surface area (Å²) in [5, 5.41) is 3.30. The van der Waals surface area contributed by atoms with Gasteiger partial charge in [-0.2, -0.15) is 0 Å². The molecule has 2 aromatic heterocycles. The summed E-state index contributed by atoms with van der Waals surface area (Å²) in [7, 11) is 2.91. The van der Waals surface area contributed by atoms with Gasteiger partial charge in [-0.3, -0.25) is 0 Å². The van der Waals surface area contributed by atoms with Crippen molar-refractivity contribution in [2.45, 2.75) is 6.92 Å². The summed E-state index contributed by atoms with van der Waals surface area (Å²) >= 11 is 5.99. The van der Waals surface area contributed by atoms with Crippen LogP contribution in [0, 0.1) is 6.92 Å². The van der Waals surface area contributed by atoms with E-state index in [0.717, 1.165) is 17.1 Å². The highest BCUT2D eigenvalue weighted by Crippen LogP contribution is 2.29. The fraction of sp³-hybridized carbons (Fsp3) is 0.167. The minimum absolute atomic E-state index is 0.188. The van der Waals surface area contributed by atoms with E-state index in [-0.39, 0.29) is 5.15 Å². The molecule has 3 rings (SSSR count). The molecule has 0 fully saturated rings. The van der Waals surface area contributed by atoms with Crippen LogP contribution in [0.5, 0.6) is 5.75 Å². The smallest absolute Gasteiger partial charge is 0.338 e. The number of carbonyl (C=O) groups excluding carboxylic acids is 1. The van der Waals surface area contributed by atoms with Gasteiger partial charge in [-0.15, -0.1) is 0 Å². The third-order valence-electron chi connectivity index (χ3n) is 3.66. The van der Waals surface area contributed by atoms with Crippen LogP contribution in [-0.2, 0) is 4.74 Å². The number of aryl methyl sites for hydroxylation is 1. The third-order valence-corrected chi connectivity index (χ3v) is 3.85. The maximum Gasteiger partial charge on any atom is 0.338 e. The van der Waals surface area contributed by atoms with Crippen LogP contribution in [-0.4, -0.2) is 34.7 Å². The van der Waals surface area contributed by atoms with Crippen LogP contribution >= 0.6 is 11.6 Å². The van der Waals surface area contributed by atoms with Gasteiger partial charge in [0.1, 0.15) is 16.7 Å². The first-order valence-corrected chi connectivity index (χ1v) is 8.10. The Hall–Kier alpha value is -3.06. The molecule has 2 heterocycles. The van der Waals surface area contributed by atoms with E-state index in [1.54, 1.807) is 19.5 Å². The molecule has 0 spiro atoms. The van der Waals surface area contributed by atoms with Gasteiger partial charge in [0.05, 0.1) is 37.5 Å². The molecule has 3 aromatic rings. The Kier molecular flexibility index (Phi) is 5.09. The van der Waals surface area contributed by atoms with Crippen LogP contribution in [0.15, 0.2) is 42.9 Å². The Morgan fingerprint density at radius 1 is 1.23 bits per heavy atom. The molecule has 0 unspecified atom stereocenters. The van der Waals surface area contributed by atoms with Gasteiger partial charge >= 0.3 is 5.97 Å². The number of methoxy groups -OCH3 is 2. The second-order valence-electron chi connectivity index (χ2n) is 5.49. The zero-order valence-electron chi connectivity index (χ0n) is 14.5. The first-order valence-electron chi connectivity index (χ1n) is 7.72. The van der Waals surface area contributed by atoms with E-state index in [0.29, 0.717) is 17.1 Å². The van der Waals surface area contributed by atoms with E-state index < -0.39 is 5.97 Å². The van der Waals surface area contributed by atoms with E-state index in [4.69, 9.17) is 21.1 Å². The monoisotopic (exact) mass is 372 g/mol. The molecule has 0 atom stereocenters. The first-order chi connectivity index (χ1) is 12.5. The fourth-order valence-corrected chi connectivity index (χ4v) is 2.67. The predicted molar refractivity (Wildman–Crippen MR) is 98.7 cm³/mol. The number of hydrogen-bond acceptors (Lipinski definition) is 6. The Morgan fingerprint density at radius 2 is 2.04 bits per heavy atom. The van der Waals surface area contributed by atoms with Gasteiger partial charge in [0.15, 0.2) is 0 Å². The third kappa shape index (κ3) is 3.78. The summed E-state index contributed by atoms with van der Waals surface area (Å²) < 4.78 is 12.1. The van der Waals surface area contributed by atoms with E-state index in [2.05, 4.69) is 15.3 Å². The van der Waals surface area contributed by atoms with E-state index in [1.807, 2.05) is 35.9 Å². The maximum absolute atomic E-state index is 11.7. The number of halogens is 1. The highest BCUT2D eigenvalue weighted by molar-refractivity contribution is 6.29. The first kappa shape index (κ1) is 17.8. The topological polar surface area (TPSA) is 78.3 Å². The van der Waals surface area contributed by atoms with Crippen molar-refractivity contribution in [1.29, 1.82) is 0 Å². The van der Waals surface area contributed by atoms with Gasteiger partial charge < -0.3 is 19.4 Å². The van der Waals surface area contributed by atoms with Crippen LogP contribution in [0.2, 0.25) is 5.15 Å².